The quantitative estimate of drug-likeness (QED) is 0.712. The molecule has 0 unspecified atom stereocenters. The standard InChI is InChI=1S/C9H6ClN3O2/c10-7-2-1-3-11-9(7)13-8(15)4-6(5-14)12-13/h1-3,12H,4H2. The van der Waals surface area contributed by atoms with Gasteiger partial charge in [-0.2, -0.15) is 0 Å². The van der Waals surface area contributed by atoms with Crippen LogP contribution < -0.4 is 10.4 Å². The fourth-order valence-corrected chi connectivity index (χ4v) is 1.45. The molecule has 1 fully saturated rings. The molecule has 1 amide bonds. The molecule has 2 heterocycles. The Morgan fingerprint density at radius 2 is 2.40 bits per heavy atom. The van der Waals surface area contributed by atoms with Crippen molar-refractivity contribution in [1.29, 1.82) is 0 Å². The van der Waals surface area contributed by atoms with Crippen LogP contribution in [0.1, 0.15) is 6.42 Å². The number of hydrogen-bond donors (Lipinski definition) is 1. The van der Waals surface area contributed by atoms with E-state index in [4.69, 9.17) is 11.6 Å². The van der Waals surface area contributed by atoms with E-state index < -0.39 is 0 Å². The number of rotatable bonds is 1. The number of halogens is 1. The molecule has 2 rings (SSSR count). The highest BCUT2D eigenvalue weighted by Gasteiger charge is 2.28. The maximum Gasteiger partial charge on any atom is 0.253 e. The summed E-state index contributed by atoms with van der Waals surface area (Å²) in [5, 5.41) is 1.48. The molecule has 0 aliphatic carbocycles. The first-order valence-corrected chi connectivity index (χ1v) is 4.54. The van der Waals surface area contributed by atoms with Gasteiger partial charge in [0, 0.05) is 6.20 Å². The molecule has 0 bridgehead atoms. The number of hydrazine groups is 1. The number of nitrogens with one attached hydrogen (secondary N) is 1. The third kappa shape index (κ3) is 1.70. The molecule has 6 heteroatoms. The normalized spacial score (nSPS) is 15.1. The van der Waals surface area contributed by atoms with E-state index in [0.29, 0.717) is 5.02 Å². The topological polar surface area (TPSA) is 62.3 Å². The molecular formula is C9H6ClN3O2. The van der Waals surface area contributed by atoms with Crippen molar-refractivity contribution in [3.63, 3.8) is 0 Å². The second-order valence-corrected chi connectivity index (χ2v) is 3.31. The molecule has 1 N–H and O–H groups in total. The zero-order chi connectivity index (χ0) is 10.8. The zero-order valence-corrected chi connectivity index (χ0v) is 8.28. The molecule has 1 aromatic rings. The highest BCUT2D eigenvalue weighted by atomic mass is 35.5. The maximum atomic E-state index is 11.5. The molecule has 0 radical (unpaired) electrons. The first kappa shape index (κ1) is 9.71. The van der Waals surface area contributed by atoms with Crippen LogP contribution in [0.2, 0.25) is 5.02 Å². The summed E-state index contributed by atoms with van der Waals surface area (Å²) in [5.41, 5.74) is 2.76. The summed E-state index contributed by atoms with van der Waals surface area (Å²) in [6.07, 6.45) is 1.51. The Morgan fingerprint density at radius 1 is 1.60 bits per heavy atom. The zero-order valence-electron chi connectivity index (χ0n) is 7.53. The van der Waals surface area contributed by atoms with E-state index in [9.17, 15) is 9.59 Å². The summed E-state index contributed by atoms with van der Waals surface area (Å²) in [5.74, 6) is 1.64. The number of aromatic nitrogens is 1. The molecule has 1 aliphatic heterocycles. The van der Waals surface area contributed by atoms with E-state index in [2.05, 4.69) is 10.4 Å². The highest BCUT2D eigenvalue weighted by Crippen LogP contribution is 2.24. The lowest BCUT2D eigenvalue weighted by molar-refractivity contribution is -0.117. The Kier molecular flexibility index (Phi) is 2.41. The van der Waals surface area contributed by atoms with Crippen molar-refractivity contribution in [1.82, 2.24) is 10.4 Å². The van der Waals surface area contributed by atoms with E-state index >= 15 is 0 Å². The average molecular weight is 224 g/mol. The van der Waals surface area contributed by atoms with Gasteiger partial charge >= 0.3 is 0 Å². The summed E-state index contributed by atoms with van der Waals surface area (Å²) in [6, 6.07) is 3.27. The smallest absolute Gasteiger partial charge is 0.253 e. The summed E-state index contributed by atoms with van der Waals surface area (Å²) in [7, 11) is 0. The minimum Gasteiger partial charge on any atom is -0.283 e. The predicted molar refractivity (Wildman–Crippen MR) is 53.7 cm³/mol. The molecule has 5 nitrogen and oxygen atoms in total. The number of pyridine rings is 1. The molecular weight excluding hydrogens is 218 g/mol. The van der Waals surface area contributed by atoms with Crippen LogP contribution in [0.15, 0.2) is 24.0 Å². The Morgan fingerprint density at radius 3 is 3.00 bits per heavy atom. The Balaban J connectivity index is 2.37. The fraction of sp³-hybridized carbons (Fsp3) is 0.111. The van der Waals surface area contributed by atoms with Gasteiger partial charge in [-0.15, -0.1) is 0 Å². The number of carbonyl (C=O) groups excluding carboxylic acids is 2. The van der Waals surface area contributed by atoms with Gasteiger partial charge in [-0.3, -0.25) is 10.2 Å². The van der Waals surface area contributed by atoms with Gasteiger partial charge in [0.25, 0.3) is 5.91 Å². The Labute approximate surface area is 90.3 Å². The van der Waals surface area contributed by atoms with Gasteiger partial charge in [0.15, 0.2) is 5.82 Å². The molecule has 0 aromatic carbocycles. The third-order valence-corrected chi connectivity index (χ3v) is 2.19. The average Bonchev–Trinajstić information content (AvgIpc) is 2.60. The van der Waals surface area contributed by atoms with Gasteiger partial charge in [0.1, 0.15) is 11.6 Å². The second-order valence-electron chi connectivity index (χ2n) is 2.91. The number of hydrogen-bond acceptors (Lipinski definition) is 4. The van der Waals surface area contributed by atoms with Crippen molar-refractivity contribution in [2.24, 2.45) is 0 Å². The molecule has 1 aromatic heterocycles. The van der Waals surface area contributed by atoms with Crippen LogP contribution >= 0.6 is 11.6 Å². The highest BCUT2D eigenvalue weighted by molar-refractivity contribution is 6.33. The summed E-state index contributed by atoms with van der Waals surface area (Å²) < 4.78 is 0. The fourth-order valence-electron chi connectivity index (χ4n) is 1.24. The molecule has 15 heavy (non-hydrogen) atoms. The lowest BCUT2D eigenvalue weighted by Crippen LogP contribution is -2.34. The number of amides is 1. The Bertz CT molecular complexity index is 468. The molecule has 0 atom stereocenters. The van der Waals surface area contributed by atoms with E-state index in [-0.39, 0.29) is 23.8 Å². The predicted octanol–water partition coefficient (Wildman–Crippen LogP) is 0.692. The molecule has 0 spiro atoms. The van der Waals surface area contributed by atoms with Crippen molar-refractivity contribution in [2.45, 2.75) is 6.42 Å². The van der Waals surface area contributed by atoms with Crippen LogP contribution in [0.4, 0.5) is 5.82 Å². The number of carbonyl (C=O) groups is 1. The van der Waals surface area contributed by atoms with Gasteiger partial charge in [0.05, 0.1) is 11.4 Å². The molecule has 1 saturated heterocycles. The molecule has 76 valence electrons. The number of nitrogens with zero attached hydrogens (tertiary/aromatic N) is 2. The lowest BCUT2D eigenvalue weighted by atomic mass is 10.3. The molecule has 1 aliphatic rings. The Hall–Kier alpha value is -1.84. The SMILES string of the molecule is O=C=C1CC(=O)N(c2ncccc2Cl)N1. The van der Waals surface area contributed by atoms with Gasteiger partial charge in [-0.25, -0.2) is 14.8 Å². The largest absolute Gasteiger partial charge is 0.283 e. The second kappa shape index (κ2) is 3.73. The summed E-state index contributed by atoms with van der Waals surface area (Å²) >= 11 is 5.86. The van der Waals surface area contributed by atoms with Crippen LogP contribution in [-0.4, -0.2) is 16.8 Å². The number of anilines is 1. The van der Waals surface area contributed by atoms with Crippen LogP contribution in [0.3, 0.4) is 0 Å². The van der Waals surface area contributed by atoms with Gasteiger partial charge in [-0.1, -0.05) is 11.6 Å². The first-order chi connectivity index (χ1) is 7.22. The van der Waals surface area contributed by atoms with Gasteiger partial charge < -0.3 is 0 Å². The van der Waals surface area contributed by atoms with Crippen molar-refractivity contribution < 1.29 is 9.59 Å². The van der Waals surface area contributed by atoms with Crippen LogP contribution in [0.25, 0.3) is 0 Å². The van der Waals surface area contributed by atoms with E-state index in [1.54, 1.807) is 18.1 Å². The van der Waals surface area contributed by atoms with E-state index in [1.807, 2.05) is 0 Å². The third-order valence-electron chi connectivity index (χ3n) is 1.90. The van der Waals surface area contributed by atoms with Gasteiger partial charge in [0.2, 0.25) is 0 Å². The first-order valence-electron chi connectivity index (χ1n) is 4.16. The van der Waals surface area contributed by atoms with Gasteiger partial charge in [-0.05, 0) is 12.1 Å². The van der Waals surface area contributed by atoms with E-state index in [1.165, 1.54) is 6.20 Å². The minimum absolute atomic E-state index is 0.00357. The van der Waals surface area contributed by atoms with Crippen LogP contribution in [0.5, 0.6) is 0 Å². The summed E-state index contributed by atoms with van der Waals surface area (Å²) in [6.45, 7) is 0. The lowest BCUT2D eigenvalue weighted by Gasteiger charge is -2.15. The van der Waals surface area contributed by atoms with Crippen molar-refractivity contribution in [3.8, 4) is 0 Å². The van der Waals surface area contributed by atoms with Crippen molar-refractivity contribution in [3.05, 3.63) is 29.0 Å². The van der Waals surface area contributed by atoms with Crippen LogP contribution in [0, 0.1) is 0 Å². The molecule has 0 saturated carbocycles. The maximum absolute atomic E-state index is 11.5. The van der Waals surface area contributed by atoms with E-state index in [0.717, 1.165) is 5.01 Å². The van der Waals surface area contributed by atoms with Crippen molar-refractivity contribution >= 4 is 29.3 Å². The van der Waals surface area contributed by atoms with Crippen LogP contribution in [-0.2, 0) is 9.59 Å². The monoisotopic (exact) mass is 223 g/mol. The summed E-state index contributed by atoms with van der Waals surface area (Å²) in [4.78, 5) is 25.8. The van der Waals surface area contributed by atoms with Crippen molar-refractivity contribution in [2.75, 3.05) is 5.01 Å². The minimum atomic E-state index is -0.283.